The molecule has 0 bridgehead atoms. The molecular weight excluding hydrogens is 206 g/mol. The third-order valence-corrected chi connectivity index (χ3v) is 1.56. The first kappa shape index (κ1) is 11.6. The van der Waals surface area contributed by atoms with Crippen molar-refractivity contribution in [2.75, 3.05) is 5.73 Å². The molecule has 1 aromatic carbocycles. The number of anilines is 1. The van der Waals surface area contributed by atoms with Gasteiger partial charge in [0.25, 0.3) is 0 Å². The van der Waals surface area contributed by atoms with E-state index in [0.717, 1.165) is 5.69 Å². The Morgan fingerprint density at radius 1 is 1.06 bits per heavy atom. The fourth-order valence-corrected chi connectivity index (χ4v) is 0.863. The summed E-state index contributed by atoms with van der Waals surface area (Å²) in [6.07, 6.45) is 2.77. The van der Waals surface area contributed by atoms with Crippen LogP contribution in [-0.2, 0) is 0 Å². The van der Waals surface area contributed by atoms with Crippen LogP contribution in [0.1, 0.15) is 10.6 Å². The number of nitrogen functional groups attached to an aromatic ring is 1. The number of rotatable bonds is 1. The first-order valence-corrected chi connectivity index (χ1v) is 4.51. The molecule has 1 aromatic heterocycles. The van der Waals surface area contributed by atoms with Crippen LogP contribution in [-0.4, -0.2) is 21.0 Å². The SMILES string of the molecule is Nc1ccccc1.O=C(O)c1ncccn1. The normalized spacial score (nSPS) is 8.75. The summed E-state index contributed by atoms with van der Waals surface area (Å²) >= 11 is 0. The lowest BCUT2D eigenvalue weighted by molar-refractivity contribution is 0.0683. The van der Waals surface area contributed by atoms with Gasteiger partial charge in [-0.1, -0.05) is 18.2 Å². The van der Waals surface area contributed by atoms with Gasteiger partial charge < -0.3 is 10.8 Å². The van der Waals surface area contributed by atoms with Gasteiger partial charge in [-0.3, -0.25) is 0 Å². The van der Waals surface area contributed by atoms with Crippen LogP contribution in [0.3, 0.4) is 0 Å². The van der Waals surface area contributed by atoms with Crippen LogP contribution in [0.25, 0.3) is 0 Å². The van der Waals surface area contributed by atoms with E-state index in [9.17, 15) is 4.79 Å². The highest BCUT2D eigenvalue weighted by atomic mass is 16.4. The number of hydrogen-bond donors (Lipinski definition) is 2. The quantitative estimate of drug-likeness (QED) is 0.705. The minimum absolute atomic E-state index is 0.169. The Labute approximate surface area is 92.6 Å². The average molecular weight is 217 g/mol. The number of aromatic carboxylic acids is 1. The molecular formula is C11H11N3O2. The number of benzene rings is 1. The second-order valence-corrected chi connectivity index (χ2v) is 2.79. The molecule has 5 nitrogen and oxygen atoms in total. The van der Waals surface area contributed by atoms with E-state index in [0.29, 0.717) is 0 Å². The van der Waals surface area contributed by atoms with Crippen molar-refractivity contribution in [1.82, 2.24) is 9.97 Å². The Morgan fingerprint density at radius 3 is 1.94 bits per heavy atom. The van der Waals surface area contributed by atoms with Gasteiger partial charge in [-0.05, 0) is 18.2 Å². The van der Waals surface area contributed by atoms with Crippen LogP contribution < -0.4 is 5.73 Å². The monoisotopic (exact) mass is 217 g/mol. The predicted octanol–water partition coefficient (Wildman–Crippen LogP) is 1.44. The molecule has 0 aliphatic heterocycles. The summed E-state index contributed by atoms with van der Waals surface area (Å²) in [5, 5.41) is 8.26. The smallest absolute Gasteiger partial charge is 0.373 e. The summed E-state index contributed by atoms with van der Waals surface area (Å²) in [6, 6.07) is 11.0. The second-order valence-electron chi connectivity index (χ2n) is 2.79. The van der Waals surface area contributed by atoms with Gasteiger partial charge in [0.2, 0.25) is 5.82 Å². The summed E-state index contributed by atoms with van der Waals surface area (Å²) < 4.78 is 0. The van der Waals surface area contributed by atoms with Gasteiger partial charge >= 0.3 is 5.97 Å². The van der Waals surface area contributed by atoms with E-state index in [1.54, 1.807) is 6.07 Å². The van der Waals surface area contributed by atoms with Crippen LogP contribution >= 0.6 is 0 Å². The largest absolute Gasteiger partial charge is 0.475 e. The topological polar surface area (TPSA) is 89.1 Å². The number of hydrogen-bond acceptors (Lipinski definition) is 4. The zero-order valence-corrected chi connectivity index (χ0v) is 8.45. The Bertz CT molecular complexity index is 431. The highest BCUT2D eigenvalue weighted by Gasteiger charge is 2.01. The molecule has 0 unspecified atom stereocenters. The maximum Gasteiger partial charge on any atom is 0.373 e. The van der Waals surface area contributed by atoms with E-state index >= 15 is 0 Å². The van der Waals surface area contributed by atoms with Crippen molar-refractivity contribution in [2.45, 2.75) is 0 Å². The number of nitrogens with two attached hydrogens (primary N) is 1. The minimum atomic E-state index is -1.10. The molecule has 0 amide bonds. The third kappa shape index (κ3) is 4.19. The highest BCUT2D eigenvalue weighted by Crippen LogP contribution is 1.95. The molecule has 0 spiro atoms. The lowest BCUT2D eigenvalue weighted by atomic mass is 10.3. The molecule has 3 N–H and O–H groups in total. The highest BCUT2D eigenvalue weighted by molar-refractivity contribution is 5.82. The van der Waals surface area contributed by atoms with Crippen molar-refractivity contribution >= 4 is 11.7 Å². The number of carboxylic acid groups (broad SMARTS) is 1. The molecule has 0 radical (unpaired) electrons. The first-order chi connectivity index (χ1) is 7.70. The van der Waals surface area contributed by atoms with E-state index in [1.165, 1.54) is 12.4 Å². The molecule has 0 fully saturated rings. The zero-order chi connectivity index (χ0) is 11.8. The third-order valence-electron chi connectivity index (χ3n) is 1.56. The molecule has 0 saturated heterocycles. The van der Waals surface area contributed by atoms with E-state index < -0.39 is 5.97 Å². The van der Waals surface area contributed by atoms with Crippen LogP contribution in [0.4, 0.5) is 5.69 Å². The molecule has 1 heterocycles. The van der Waals surface area contributed by atoms with E-state index in [1.807, 2.05) is 30.3 Å². The van der Waals surface area contributed by atoms with E-state index in [-0.39, 0.29) is 5.82 Å². The number of carboxylic acids is 1. The van der Waals surface area contributed by atoms with Gasteiger partial charge in [0.15, 0.2) is 0 Å². The Hall–Kier alpha value is -2.43. The second kappa shape index (κ2) is 6.13. The number of carbonyl (C=O) groups is 1. The zero-order valence-electron chi connectivity index (χ0n) is 8.45. The Kier molecular flexibility index (Phi) is 4.46. The lowest BCUT2D eigenvalue weighted by Gasteiger charge is -1.86. The van der Waals surface area contributed by atoms with Crippen molar-refractivity contribution < 1.29 is 9.90 Å². The molecule has 0 aliphatic carbocycles. The van der Waals surface area contributed by atoms with Crippen molar-refractivity contribution in [3.05, 3.63) is 54.6 Å². The van der Waals surface area contributed by atoms with E-state index in [2.05, 4.69) is 9.97 Å². The fraction of sp³-hybridized carbons (Fsp3) is 0. The Balaban J connectivity index is 0.000000165. The molecule has 0 aliphatic rings. The minimum Gasteiger partial charge on any atom is -0.475 e. The van der Waals surface area contributed by atoms with Gasteiger partial charge in [-0.25, -0.2) is 14.8 Å². The van der Waals surface area contributed by atoms with Gasteiger partial charge in [-0.15, -0.1) is 0 Å². The molecule has 5 heteroatoms. The van der Waals surface area contributed by atoms with E-state index in [4.69, 9.17) is 10.8 Å². The van der Waals surface area contributed by atoms with Gasteiger partial charge in [0.05, 0.1) is 0 Å². The van der Waals surface area contributed by atoms with Crippen LogP contribution in [0.15, 0.2) is 48.8 Å². The van der Waals surface area contributed by atoms with Crippen LogP contribution in [0.5, 0.6) is 0 Å². The standard InChI is InChI=1S/C6H7N.C5H4N2O2/c7-6-4-2-1-3-5-6;8-5(9)4-6-2-1-3-7-4/h1-5H,7H2;1-3H,(H,8,9). The molecule has 2 rings (SSSR count). The predicted molar refractivity (Wildman–Crippen MR) is 59.8 cm³/mol. The summed E-state index contributed by atoms with van der Waals surface area (Å²) in [7, 11) is 0. The maximum atomic E-state index is 10.1. The first-order valence-electron chi connectivity index (χ1n) is 4.51. The summed E-state index contributed by atoms with van der Waals surface area (Å²) in [6.45, 7) is 0. The maximum absolute atomic E-state index is 10.1. The number of para-hydroxylation sites is 1. The molecule has 0 atom stereocenters. The van der Waals surface area contributed by atoms with Crippen molar-refractivity contribution in [3.63, 3.8) is 0 Å². The molecule has 2 aromatic rings. The van der Waals surface area contributed by atoms with Gasteiger partial charge in [0, 0.05) is 18.1 Å². The number of nitrogens with zero attached hydrogens (tertiary/aromatic N) is 2. The van der Waals surface area contributed by atoms with Crippen LogP contribution in [0.2, 0.25) is 0 Å². The van der Waals surface area contributed by atoms with Crippen molar-refractivity contribution in [2.24, 2.45) is 0 Å². The molecule has 0 saturated carbocycles. The van der Waals surface area contributed by atoms with Crippen molar-refractivity contribution in [1.29, 1.82) is 0 Å². The molecule has 16 heavy (non-hydrogen) atoms. The summed E-state index contributed by atoms with van der Waals surface area (Å²) in [5.41, 5.74) is 6.18. The summed E-state index contributed by atoms with van der Waals surface area (Å²) in [4.78, 5) is 17.0. The molecule has 82 valence electrons. The van der Waals surface area contributed by atoms with Crippen molar-refractivity contribution in [3.8, 4) is 0 Å². The number of aromatic nitrogens is 2. The summed E-state index contributed by atoms with van der Waals surface area (Å²) in [5.74, 6) is -1.27. The lowest BCUT2D eigenvalue weighted by Crippen LogP contribution is -2.01. The fourth-order valence-electron chi connectivity index (χ4n) is 0.863. The van der Waals surface area contributed by atoms with Crippen LogP contribution in [0, 0.1) is 0 Å². The van der Waals surface area contributed by atoms with Gasteiger partial charge in [0.1, 0.15) is 0 Å². The Morgan fingerprint density at radius 2 is 1.62 bits per heavy atom. The van der Waals surface area contributed by atoms with Gasteiger partial charge in [-0.2, -0.15) is 0 Å². The average Bonchev–Trinajstić information content (AvgIpc) is 2.32.